The molecule has 3 heterocycles. The van der Waals surface area contributed by atoms with Crippen LogP contribution in [0.3, 0.4) is 0 Å². The first-order valence-electron chi connectivity index (χ1n) is 9.95. The predicted molar refractivity (Wildman–Crippen MR) is 123 cm³/mol. The van der Waals surface area contributed by atoms with E-state index in [1.807, 2.05) is 5.38 Å². The van der Waals surface area contributed by atoms with Crippen molar-refractivity contribution in [3.8, 4) is 0 Å². The van der Waals surface area contributed by atoms with Gasteiger partial charge in [0.15, 0.2) is 10.8 Å². The summed E-state index contributed by atoms with van der Waals surface area (Å²) in [4.78, 5) is 24.2. The maximum atomic E-state index is 13.0. The molecule has 2 atom stereocenters. The number of nitrogens with one attached hydrogen (secondary N) is 1. The van der Waals surface area contributed by atoms with Gasteiger partial charge in [-0.2, -0.15) is 0 Å². The van der Waals surface area contributed by atoms with E-state index in [9.17, 15) is 9.90 Å². The van der Waals surface area contributed by atoms with Crippen molar-refractivity contribution in [2.45, 2.75) is 12.1 Å². The number of aliphatic hydroxyl groups is 1. The summed E-state index contributed by atoms with van der Waals surface area (Å²) >= 11 is 14.0. The normalized spacial score (nSPS) is 21.8. The standard InChI is InChI=1S/C21H22Cl2N4O4S/c1-30-21(29)17-16(9-27-5-6-31-11-13(27)10-28)25-19(20-24-4-7-32-20)26-18(17)14-3-2-12(22)8-15(14)23/h2-4,7-8,13,18,28H,5-6,9-11H2,1H3,(H,25,26). The number of ether oxygens (including phenoxy) is 2. The number of halogens is 2. The van der Waals surface area contributed by atoms with Gasteiger partial charge in [-0.15, -0.1) is 11.3 Å². The van der Waals surface area contributed by atoms with Gasteiger partial charge in [-0.25, -0.2) is 9.78 Å². The van der Waals surface area contributed by atoms with Crippen LogP contribution in [0.1, 0.15) is 16.6 Å². The molecular formula is C21H22Cl2N4O4S. The molecule has 2 aromatic rings. The highest BCUT2D eigenvalue weighted by molar-refractivity contribution is 7.11. The second-order valence-electron chi connectivity index (χ2n) is 7.27. The highest BCUT2D eigenvalue weighted by Gasteiger charge is 2.35. The summed E-state index contributed by atoms with van der Waals surface area (Å²) < 4.78 is 10.6. The van der Waals surface area contributed by atoms with Crippen LogP contribution >= 0.6 is 34.5 Å². The van der Waals surface area contributed by atoms with Crippen LogP contribution in [-0.2, 0) is 14.3 Å². The zero-order valence-electron chi connectivity index (χ0n) is 17.3. The van der Waals surface area contributed by atoms with Crippen molar-refractivity contribution in [3.05, 3.63) is 61.7 Å². The molecule has 1 fully saturated rings. The van der Waals surface area contributed by atoms with Gasteiger partial charge in [-0.1, -0.05) is 29.3 Å². The number of morpholine rings is 1. The number of rotatable bonds is 6. The molecule has 1 aromatic heterocycles. The van der Waals surface area contributed by atoms with Gasteiger partial charge in [0.1, 0.15) is 6.04 Å². The van der Waals surface area contributed by atoms with E-state index in [-0.39, 0.29) is 12.6 Å². The number of benzene rings is 1. The largest absolute Gasteiger partial charge is 0.466 e. The lowest BCUT2D eigenvalue weighted by Gasteiger charge is -2.36. The molecule has 11 heteroatoms. The van der Waals surface area contributed by atoms with E-state index in [1.165, 1.54) is 18.4 Å². The van der Waals surface area contributed by atoms with Crippen LogP contribution in [0, 0.1) is 0 Å². The number of nitrogens with zero attached hydrogens (tertiary/aromatic N) is 3. The van der Waals surface area contributed by atoms with Gasteiger partial charge in [-0.05, 0) is 12.1 Å². The number of amidine groups is 1. The molecule has 8 nitrogen and oxygen atoms in total. The van der Waals surface area contributed by atoms with E-state index in [1.54, 1.807) is 24.4 Å². The summed E-state index contributed by atoms with van der Waals surface area (Å²) in [6.45, 7) is 1.88. The van der Waals surface area contributed by atoms with Crippen LogP contribution < -0.4 is 5.32 Å². The van der Waals surface area contributed by atoms with Crippen LogP contribution in [0.15, 0.2) is 46.0 Å². The number of carbonyl (C=O) groups is 1. The van der Waals surface area contributed by atoms with E-state index in [0.717, 1.165) is 0 Å². The first kappa shape index (κ1) is 23.2. The van der Waals surface area contributed by atoms with Gasteiger partial charge in [-0.3, -0.25) is 9.89 Å². The molecule has 0 aliphatic carbocycles. The van der Waals surface area contributed by atoms with Crippen LogP contribution in [-0.4, -0.2) is 72.9 Å². The molecule has 2 aliphatic rings. The zero-order valence-corrected chi connectivity index (χ0v) is 19.6. The Labute approximate surface area is 199 Å². The Morgan fingerprint density at radius 2 is 2.28 bits per heavy atom. The van der Waals surface area contributed by atoms with Crippen molar-refractivity contribution in [2.24, 2.45) is 4.99 Å². The smallest absolute Gasteiger partial charge is 0.338 e. The fraction of sp³-hybridized carbons (Fsp3) is 0.381. The average Bonchev–Trinajstić information content (AvgIpc) is 3.33. The van der Waals surface area contributed by atoms with Crippen LogP contribution in [0.5, 0.6) is 0 Å². The van der Waals surface area contributed by atoms with Gasteiger partial charge in [0.25, 0.3) is 0 Å². The van der Waals surface area contributed by atoms with E-state index in [2.05, 4.69) is 15.2 Å². The average molecular weight is 497 g/mol. The van der Waals surface area contributed by atoms with Gasteiger partial charge in [0.05, 0.1) is 38.5 Å². The number of aliphatic imine (C=N–C) groups is 1. The number of thiazole rings is 1. The highest BCUT2D eigenvalue weighted by atomic mass is 35.5. The van der Waals surface area contributed by atoms with E-state index in [4.69, 9.17) is 37.7 Å². The molecule has 0 saturated carbocycles. The quantitative estimate of drug-likeness (QED) is 0.593. The Bertz CT molecular complexity index is 1040. The third-order valence-electron chi connectivity index (χ3n) is 5.34. The number of aromatic nitrogens is 1. The van der Waals surface area contributed by atoms with E-state index in [0.29, 0.717) is 64.0 Å². The van der Waals surface area contributed by atoms with Crippen LogP contribution in [0.25, 0.3) is 0 Å². The minimum atomic E-state index is -0.712. The number of aliphatic hydroxyl groups excluding tert-OH is 1. The third-order valence-corrected chi connectivity index (χ3v) is 6.69. The van der Waals surface area contributed by atoms with E-state index >= 15 is 0 Å². The minimum absolute atomic E-state index is 0.0549. The van der Waals surface area contributed by atoms with Gasteiger partial charge < -0.3 is 19.9 Å². The van der Waals surface area contributed by atoms with E-state index < -0.39 is 12.0 Å². The number of carbonyl (C=O) groups excluding carboxylic acids is 1. The number of esters is 1. The Morgan fingerprint density at radius 3 is 2.97 bits per heavy atom. The summed E-state index contributed by atoms with van der Waals surface area (Å²) in [5.41, 5.74) is 1.60. The SMILES string of the molecule is COC(=O)C1=C(CN2CCOCC2CO)NC(c2nccs2)=NC1c1ccc(Cl)cc1Cl. The number of hydrogen-bond donors (Lipinski definition) is 2. The Balaban J connectivity index is 1.82. The summed E-state index contributed by atoms with van der Waals surface area (Å²) in [5.74, 6) is 0.0201. The summed E-state index contributed by atoms with van der Waals surface area (Å²) in [5, 5.41) is 16.5. The van der Waals surface area contributed by atoms with Crippen LogP contribution in [0.4, 0.5) is 0 Å². The molecule has 170 valence electrons. The fourth-order valence-corrected chi connectivity index (χ4v) is 4.84. The van der Waals surface area contributed by atoms with Gasteiger partial charge in [0.2, 0.25) is 0 Å². The molecule has 32 heavy (non-hydrogen) atoms. The first-order valence-corrected chi connectivity index (χ1v) is 11.6. The van der Waals surface area contributed by atoms with Crippen molar-refractivity contribution in [1.82, 2.24) is 15.2 Å². The molecule has 1 aromatic carbocycles. The second-order valence-corrected chi connectivity index (χ2v) is 9.01. The summed E-state index contributed by atoms with van der Waals surface area (Å²) in [7, 11) is 1.33. The van der Waals surface area contributed by atoms with Crippen molar-refractivity contribution in [1.29, 1.82) is 0 Å². The lowest BCUT2D eigenvalue weighted by molar-refractivity contribution is -0.136. The summed E-state index contributed by atoms with van der Waals surface area (Å²) in [6, 6.07) is 4.20. The lowest BCUT2D eigenvalue weighted by atomic mass is 9.95. The van der Waals surface area contributed by atoms with Crippen LogP contribution in [0.2, 0.25) is 10.0 Å². The highest BCUT2D eigenvalue weighted by Crippen LogP contribution is 2.37. The topological polar surface area (TPSA) is 96.3 Å². The van der Waals surface area contributed by atoms with Gasteiger partial charge >= 0.3 is 5.97 Å². The maximum Gasteiger partial charge on any atom is 0.338 e. The molecule has 2 N–H and O–H groups in total. The van der Waals surface area contributed by atoms with Gasteiger partial charge in [0, 0.05) is 46.0 Å². The van der Waals surface area contributed by atoms with Crippen molar-refractivity contribution < 1.29 is 19.4 Å². The molecule has 0 amide bonds. The molecule has 0 radical (unpaired) electrons. The first-order chi connectivity index (χ1) is 15.5. The monoisotopic (exact) mass is 496 g/mol. The zero-order chi connectivity index (χ0) is 22.7. The third kappa shape index (κ3) is 4.83. The summed E-state index contributed by atoms with van der Waals surface area (Å²) in [6.07, 6.45) is 1.69. The number of methoxy groups -OCH3 is 1. The second kappa shape index (κ2) is 10.3. The van der Waals surface area contributed by atoms with Crippen molar-refractivity contribution >= 4 is 46.3 Å². The number of hydrogen-bond acceptors (Lipinski definition) is 9. The molecular weight excluding hydrogens is 475 g/mol. The maximum absolute atomic E-state index is 13.0. The fourth-order valence-electron chi connectivity index (χ4n) is 3.74. The Morgan fingerprint density at radius 1 is 1.44 bits per heavy atom. The Hall–Kier alpha value is -2.01. The molecule has 2 aliphatic heterocycles. The predicted octanol–water partition coefficient (Wildman–Crippen LogP) is 2.66. The molecule has 2 unspecified atom stereocenters. The van der Waals surface area contributed by atoms with Crippen molar-refractivity contribution in [3.63, 3.8) is 0 Å². The lowest BCUT2D eigenvalue weighted by Crippen LogP contribution is -2.50. The van der Waals surface area contributed by atoms with Crippen molar-refractivity contribution in [2.75, 3.05) is 40.0 Å². The Kier molecular flexibility index (Phi) is 7.44. The molecule has 1 saturated heterocycles. The molecule has 0 spiro atoms. The minimum Gasteiger partial charge on any atom is -0.466 e. The molecule has 0 bridgehead atoms. The molecule has 4 rings (SSSR count).